The molecule has 3 aromatic rings. The van der Waals surface area contributed by atoms with Gasteiger partial charge in [0.2, 0.25) is 5.82 Å². The quantitative estimate of drug-likeness (QED) is 0.494. The summed E-state index contributed by atoms with van der Waals surface area (Å²) in [6.07, 6.45) is 0. The molecule has 1 aromatic heterocycles. The van der Waals surface area contributed by atoms with Crippen LogP contribution in [-0.4, -0.2) is 32.7 Å². The van der Waals surface area contributed by atoms with Crippen molar-refractivity contribution in [3.05, 3.63) is 56.5 Å². The molecule has 0 saturated carbocycles. The second kappa shape index (κ2) is 7.26. The molecule has 2 aromatic carbocycles. The summed E-state index contributed by atoms with van der Waals surface area (Å²) >= 11 is 3.45. The summed E-state index contributed by atoms with van der Waals surface area (Å²) in [5, 5.41) is 24.5. The molecule has 0 aliphatic carbocycles. The third-order valence-electron chi connectivity index (χ3n) is 3.36. The number of H-pyrrole nitrogens is 1. The summed E-state index contributed by atoms with van der Waals surface area (Å²) in [7, 11) is 1.53. The number of rotatable bonds is 6. The van der Waals surface area contributed by atoms with E-state index < -0.39 is 4.92 Å². The molecule has 0 atom stereocenters. The lowest BCUT2D eigenvalue weighted by Gasteiger charge is -2.13. The fourth-order valence-electron chi connectivity index (χ4n) is 2.14. The Hall–Kier alpha value is -3.01. The molecular weight excluding hydrogens is 394 g/mol. The summed E-state index contributed by atoms with van der Waals surface area (Å²) in [6, 6.07) is 9.69. The largest absolute Gasteiger partial charge is 0.493 e. The molecule has 1 N–H and O–H groups in total. The molecule has 0 amide bonds. The van der Waals surface area contributed by atoms with Crippen LogP contribution in [0, 0.1) is 10.1 Å². The maximum absolute atomic E-state index is 10.7. The number of nitrogens with one attached hydrogen (secondary N) is 1. The van der Waals surface area contributed by atoms with Crippen LogP contribution >= 0.6 is 15.9 Å². The van der Waals surface area contributed by atoms with Gasteiger partial charge in [0.05, 0.1) is 16.5 Å². The Morgan fingerprint density at radius 3 is 2.64 bits per heavy atom. The van der Waals surface area contributed by atoms with Crippen LogP contribution < -0.4 is 9.47 Å². The van der Waals surface area contributed by atoms with Crippen molar-refractivity contribution >= 4 is 21.6 Å². The summed E-state index contributed by atoms with van der Waals surface area (Å²) in [5.74, 6) is 1.44. The van der Waals surface area contributed by atoms with Crippen LogP contribution in [-0.2, 0) is 6.61 Å². The lowest BCUT2D eigenvalue weighted by Crippen LogP contribution is -1.99. The minimum absolute atomic E-state index is 0.0342. The number of hydrogen-bond acceptors (Lipinski definition) is 7. The van der Waals surface area contributed by atoms with Crippen molar-refractivity contribution in [1.82, 2.24) is 20.6 Å². The molecule has 0 aliphatic heterocycles. The third-order valence-corrected chi connectivity index (χ3v) is 3.95. The van der Waals surface area contributed by atoms with E-state index >= 15 is 0 Å². The fourth-order valence-corrected chi connectivity index (χ4v) is 2.70. The lowest BCUT2D eigenvalue weighted by molar-refractivity contribution is -0.384. The van der Waals surface area contributed by atoms with Gasteiger partial charge in [0, 0.05) is 17.7 Å². The Morgan fingerprint density at radius 2 is 2.04 bits per heavy atom. The van der Waals surface area contributed by atoms with Gasteiger partial charge in [-0.05, 0) is 51.0 Å². The Morgan fingerprint density at radius 1 is 1.28 bits per heavy atom. The van der Waals surface area contributed by atoms with Crippen molar-refractivity contribution in [3.8, 4) is 22.9 Å². The number of nitro benzene ring substituents is 1. The van der Waals surface area contributed by atoms with Gasteiger partial charge in [-0.25, -0.2) is 0 Å². The molecule has 3 rings (SSSR count). The van der Waals surface area contributed by atoms with Crippen LogP contribution in [0.4, 0.5) is 5.69 Å². The number of aromatic nitrogens is 4. The maximum atomic E-state index is 10.7. The topological polar surface area (TPSA) is 116 Å². The number of non-ortho nitro benzene ring substituents is 1. The zero-order chi connectivity index (χ0) is 17.8. The van der Waals surface area contributed by atoms with Crippen molar-refractivity contribution in [2.24, 2.45) is 0 Å². The van der Waals surface area contributed by atoms with E-state index in [9.17, 15) is 10.1 Å². The van der Waals surface area contributed by atoms with E-state index in [0.29, 0.717) is 27.4 Å². The first-order valence-electron chi connectivity index (χ1n) is 7.06. The van der Waals surface area contributed by atoms with Gasteiger partial charge in [0.15, 0.2) is 11.5 Å². The van der Waals surface area contributed by atoms with E-state index in [2.05, 4.69) is 36.6 Å². The predicted octanol–water partition coefficient (Wildman–Crippen LogP) is 3.13. The second-order valence-electron chi connectivity index (χ2n) is 4.94. The van der Waals surface area contributed by atoms with Gasteiger partial charge in [0.1, 0.15) is 6.61 Å². The number of halogens is 1. The molecule has 1 heterocycles. The number of methoxy groups -OCH3 is 1. The number of benzene rings is 2. The first-order chi connectivity index (χ1) is 12.1. The first kappa shape index (κ1) is 16.8. The Balaban J connectivity index is 1.81. The molecule has 0 bridgehead atoms. The average molecular weight is 406 g/mol. The van der Waals surface area contributed by atoms with Gasteiger partial charge in [-0.15, -0.1) is 10.2 Å². The van der Waals surface area contributed by atoms with Crippen molar-refractivity contribution < 1.29 is 14.4 Å². The van der Waals surface area contributed by atoms with Gasteiger partial charge >= 0.3 is 0 Å². The SMILES string of the molecule is COc1cc(-c2nn[nH]n2)cc(Br)c1OCc1ccc([N+](=O)[O-])cc1. The van der Waals surface area contributed by atoms with Crippen molar-refractivity contribution in [2.75, 3.05) is 7.11 Å². The highest BCUT2D eigenvalue weighted by Gasteiger charge is 2.15. The molecule has 0 saturated heterocycles. The average Bonchev–Trinajstić information content (AvgIpc) is 3.15. The van der Waals surface area contributed by atoms with Crippen molar-refractivity contribution in [1.29, 1.82) is 0 Å². The molecule has 0 radical (unpaired) electrons. The van der Waals surface area contributed by atoms with E-state index in [0.717, 1.165) is 5.56 Å². The summed E-state index contributed by atoms with van der Waals surface area (Å²) in [5.41, 5.74) is 1.54. The van der Waals surface area contributed by atoms with Crippen molar-refractivity contribution in [2.45, 2.75) is 6.61 Å². The molecule has 0 spiro atoms. The zero-order valence-corrected chi connectivity index (χ0v) is 14.6. The summed E-state index contributed by atoms with van der Waals surface area (Å²) in [6.45, 7) is 0.231. The number of aromatic amines is 1. The van der Waals surface area contributed by atoms with Gasteiger partial charge in [0.25, 0.3) is 5.69 Å². The Bertz CT molecular complexity index is 884. The highest BCUT2D eigenvalue weighted by atomic mass is 79.9. The van der Waals surface area contributed by atoms with Crippen LogP contribution in [0.1, 0.15) is 5.56 Å². The molecule has 0 aliphatic rings. The van der Waals surface area contributed by atoms with Gasteiger partial charge < -0.3 is 9.47 Å². The summed E-state index contributed by atoms with van der Waals surface area (Å²) in [4.78, 5) is 10.2. The molecule has 0 fully saturated rings. The number of hydrogen-bond donors (Lipinski definition) is 1. The standard InChI is InChI=1S/C15H12BrN5O4/c1-24-13-7-10(15-17-19-20-18-15)6-12(16)14(13)25-8-9-2-4-11(5-3-9)21(22)23/h2-7H,8H2,1H3,(H,17,18,19,20). The molecule has 25 heavy (non-hydrogen) atoms. The van der Waals surface area contributed by atoms with E-state index in [4.69, 9.17) is 9.47 Å². The van der Waals surface area contributed by atoms with E-state index in [1.54, 1.807) is 24.3 Å². The molecule has 0 unspecified atom stereocenters. The monoisotopic (exact) mass is 405 g/mol. The van der Waals surface area contributed by atoms with Gasteiger partial charge in [-0.3, -0.25) is 10.1 Å². The van der Waals surface area contributed by atoms with Crippen LogP contribution in [0.5, 0.6) is 11.5 Å². The predicted molar refractivity (Wildman–Crippen MR) is 91.3 cm³/mol. The Labute approximate surface area is 150 Å². The second-order valence-corrected chi connectivity index (χ2v) is 5.79. The molecule has 10 heteroatoms. The molecule has 9 nitrogen and oxygen atoms in total. The minimum atomic E-state index is -0.444. The first-order valence-corrected chi connectivity index (χ1v) is 7.85. The number of nitrogens with zero attached hydrogens (tertiary/aromatic N) is 4. The van der Waals surface area contributed by atoms with Crippen molar-refractivity contribution in [3.63, 3.8) is 0 Å². The fraction of sp³-hybridized carbons (Fsp3) is 0.133. The molecular formula is C15H12BrN5O4. The number of nitro groups is 1. The highest BCUT2D eigenvalue weighted by molar-refractivity contribution is 9.10. The van der Waals surface area contributed by atoms with Crippen LogP contribution in [0.2, 0.25) is 0 Å². The van der Waals surface area contributed by atoms with E-state index in [-0.39, 0.29) is 12.3 Å². The van der Waals surface area contributed by atoms with E-state index in [1.807, 2.05) is 0 Å². The highest BCUT2D eigenvalue weighted by Crippen LogP contribution is 2.39. The van der Waals surface area contributed by atoms with Gasteiger partial charge in [-0.1, -0.05) is 0 Å². The smallest absolute Gasteiger partial charge is 0.269 e. The van der Waals surface area contributed by atoms with E-state index in [1.165, 1.54) is 19.2 Å². The maximum Gasteiger partial charge on any atom is 0.269 e. The number of tetrazole rings is 1. The Kier molecular flexibility index (Phi) is 4.89. The van der Waals surface area contributed by atoms with Gasteiger partial charge in [-0.2, -0.15) is 5.21 Å². The normalized spacial score (nSPS) is 10.5. The lowest BCUT2D eigenvalue weighted by atomic mass is 10.2. The molecule has 128 valence electrons. The number of ether oxygens (including phenoxy) is 2. The minimum Gasteiger partial charge on any atom is -0.493 e. The summed E-state index contributed by atoms with van der Waals surface area (Å²) < 4.78 is 11.8. The van der Waals surface area contributed by atoms with Crippen LogP contribution in [0.15, 0.2) is 40.9 Å². The van der Waals surface area contributed by atoms with Crippen LogP contribution in [0.3, 0.4) is 0 Å². The zero-order valence-electron chi connectivity index (χ0n) is 13.0. The third kappa shape index (κ3) is 3.74. The van der Waals surface area contributed by atoms with Crippen LogP contribution in [0.25, 0.3) is 11.4 Å².